The summed E-state index contributed by atoms with van der Waals surface area (Å²) in [5, 5.41) is 7.99. The highest BCUT2D eigenvalue weighted by molar-refractivity contribution is 6.29. The Balaban J connectivity index is 1.94. The van der Waals surface area contributed by atoms with Gasteiger partial charge in [0.25, 0.3) is 0 Å². The molecule has 5 heteroatoms. The number of nitrogens with zero attached hydrogens (tertiary/aromatic N) is 3. The smallest absolute Gasteiger partial charge is 0.131 e. The molecule has 16 heavy (non-hydrogen) atoms. The summed E-state index contributed by atoms with van der Waals surface area (Å²) in [6, 6.07) is 5.89. The molecule has 4 nitrogen and oxygen atoms in total. The molecule has 1 N–H and O–H groups in total. The summed E-state index contributed by atoms with van der Waals surface area (Å²) in [4.78, 5) is 3.93. The fourth-order valence-corrected chi connectivity index (χ4v) is 1.69. The zero-order chi connectivity index (χ0) is 11.4. The molecule has 0 fully saturated rings. The standard InChI is InChI=1S/C11H13ClN4/c1-9(8-16-6-2-4-14-16)15-10-3-5-13-11(12)7-10/h2-7,9H,8H2,1H3,(H,13,15). The topological polar surface area (TPSA) is 42.7 Å². The van der Waals surface area contributed by atoms with Crippen LogP contribution in [0.4, 0.5) is 5.69 Å². The van der Waals surface area contributed by atoms with E-state index in [0.717, 1.165) is 12.2 Å². The van der Waals surface area contributed by atoms with Crippen LogP contribution < -0.4 is 5.32 Å². The zero-order valence-electron chi connectivity index (χ0n) is 8.97. The number of hydrogen-bond donors (Lipinski definition) is 1. The molecule has 0 spiro atoms. The van der Waals surface area contributed by atoms with Crippen LogP contribution in [0.2, 0.25) is 5.15 Å². The third-order valence-electron chi connectivity index (χ3n) is 2.16. The summed E-state index contributed by atoms with van der Waals surface area (Å²) in [5.74, 6) is 0. The maximum absolute atomic E-state index is 5.80. The Morgan fingerprint density at radius 3 is 3.06 bits per heavy atom. The van der Waals surface area contributed by atoms with Gasteiger partial charge in [0.2, 0.25) is 0 Å². The molecule has 0 saturated carbocycles. The molecule has 0 saturated heterocycles. The van der Waals surface area contributed by atoms with Gasteiger partial charge in [-0.2, -0.15) is 5.10 Å². The maximum atomic E-state index is 5.80. The molecule has 2 rings (SSSR count). The van der Waals surface area contributed by atoms with Gasteiger partial charge >= 0.3 is 0 Å². The molecule has 2 aromatic heterocycles. The monoisotopic (exact) mass is 236 g/mol. The van der Waals surface area contributed by atoms with Crippen LogP contribution in [0.3, 0.4) is 0 Å². The number of rotatable bonds is 4. The molecule has 0 radical (unpaired) electrons. The Labute approximate surface area is 99.3 Å². The van der Waals surface area contributed by atoms with Gasteiger partial charge in [-0.1, -0.05) is 11.6 Å². The van der Waals surface area contributed by atoms with E-state index < -0.39 is 0 Å². The fraction of sp³-hybridized carbons (Fsp3) is 0.273. The van der Waals surface area contributed by atoms with Crippen LogP contribution >= 0.6 is 11.6 Å². The van der Waals surface area contributed by atoms with Crippen LogP contribution in [-0.2, 0) is 6.54 Å². The van der Waals surface area contributed by atoms with Crippen molar-refractivity contribution in [2.45, 2.75) is 19.5 Å². The van der Waals surface area contributed by atoms with Crippen LogP contribution in [0.25, 0.3) is 0 Å². The van der Waals surface area contributed by atoms with E-state index in [1.54, 1.807) is 18.5 Å². The van der Waals surface area contributed by atoms with Gasteiger partial charge in [-0.05, 0) is 25.1 Å². The summed E-state index contributed by atoms with van der Waals surface area (Å²) < 4.78 is 1.89. The molecule has 0 aliphatic carbocycles. The second-order valence-electron chi connectivity index (χ2n) is 3.64. The van der Waals surface area contributed by atoms with Crippen molar-refractivity contribution in [3.05, 3.63) is 41.9 Å². The van der Waals surface area contributed by atoms with Crippen LogP contribution in [-0.4, -0.2) is 20.8 Å². The van der Waals surface area contributed by atoms with E-state index in [0.29, 0.717) is 5.15 Å². The average Bonchev–Trinajstić information content (AvgIpc) is 2.70. The van der Waals surface area contributed by atoms with E-state index in [-0.39, 0.29) is 6.04 Å². The minimum atomic E-state index is 0.276. The van der Waals surface area contributed by atoms with Gasteiger partial charge in [0.15, 0.2) is 0 Å². The van der Waals surface area contributed by atoms with Crippen molar-refractivity contribution in [1.82, 2.24) is 14.8 Å². The first-order valence-corrected chi connectivity index (χ1v) is 5.47. The first-order valence-electron chi connectivity index (χ1n) is 5.09. The molecule has 2 aromatic rings. The third-order valence-corrected chi connectivity index (χ3v) is 2.37. The van der Waals surface area contributed by atoms with E-state index >= 15 is 0 Å². The molecule has 0 aromatic carbocycles. The van der Waals surface area contributed by atoms with Crippen molar-refractivity contribution in [3.63, 3.8) is 0 Å². The van der Waals surface area contributed by atoms with E-state index in [1.165, 1.54) is 0 Å². The highest BCUT2D eigenvalue weighted by Crippen LogP contribution is 2.13. The summed E-state index contributed by atoms with van der Waals surface area (Å²) >= 11 is 5.80. The molecular weight excluding hydrogens is 224 g/mol. The first-order chi connectivity index (χ1) is 7.74. The van der Waals surface area contributed by atoms with Crippen LogP contribution in [0.5, 0.6) is 0 Å². The van der Waals surface area contributed by atoms with Crippen molar-refractivity contribution in [1.29, 1.82) is 0 Å². The summed E-state index contributed by atoms with van der Waals surface area (Å²) in [5.41, 5.74) is 0.972. The van der Waals surface area contributed by atoms with Gasteiger partial charge < -0.3 is 5.32 Å². The summed E-state index contributed by atoms with van der Waals surface area (Å²) in [6.45, 7) is 2.91. The van der Waals surface area contributed by atoms with E-state index in [1.807, 2.05) is 23.0 Å². The molecule has 0 amide bonds. The van der Waals surface area contributed by atoms with Gasteiger partial charge in [-0.3, -0.25) is 4.68 Å². The Bertz CT molecular complexity index is 441. The molecule has 0 aliphatic heterocycles. The van der Waals surface area contributed by atoms with Crippen LogP contribution in [0, 0.1) is 0 Å². The van der Waals surface area contributed by atoms with Crippen molar-refractivity contribution in [2.24, 2.45) is 0 Å². The molecule has 1 atom stereocenters. The molecule has 0 bridgehead atoms. The number of aromatic nitrogens is 3. The molecule has 1 unspecified atom stereocenters. The normalized spacial score (nSPS) is 12.4. The first kappa shape index (κ1) is 11.0. The number of halogens is 1. The molecule has 84 valence electrons. The van der Waals surface area contributed by atoms with Crippen LogP contribution in [0.1, 0.15) is 6.92 Å². The van der Waals surface area contributed by atoms with E-state index in [4.69, 9.17) is 11.6 Å². The van der Waals surface area contributed by atoms with E-state index in [2.05, 4.69) is 22.3 Å². The minimum absolute atomic E-state index is 0.276. The lowest BCUT2D eigenvalue weighted by molar-refractivity contribution is 0.561. The highest BCUT2D eigenvalue weighted by Gasteiger charge is 2.03. The Morgan fingerprint density at radius 1 is 1.50 bits per heavy atom. The van der Waals surface area contributed by atoms with Gasteiger partial charge in [-0.25, -0.2) is 4.98 Å². The number of hydrogen-bond acceptors (Lipinski definition) is 3. The number of nitrogens with one attached hydrogen (secondary N) is 1. The Morgan fingerprint density at radius 2 is 2.38 bits per heavy atom. The predicted molar refractivity (Wildman–Crippen MR) is 64.6 cm³/mol. The van der Waals surface area contributed by atoms with Crippen molar-refractivity contribution in [2.75, 3.05) is 5.32 Å². The maximum Gasteiger partial charge on any atom is 0.131 e. The van der Waals surface area contributed by atoms with Gasteiger partial charge in [-0.15, -0.1) is 0 Å². The largest absolute Gasteiger partial charge is 0.381 e. The van der Waals surface area contributed by atoms with Gasteiger partial charge in [0.05, 0.1) is 6.54 Å². The number of pyridine rings is 1. The summed E-state index contributed by atoms with van der Waals surface area (Å²) in [6.07, 6.45) is 5.40. The average molecular weight is 237 g/mol. The lowest BCUT2D eigenvalue weighted by Crippen LogP contribution is -2.22. The minimum Gasteiger partial charge on any atom is -0.381 e. The fourth-order valence-electron chi connectivity index (χ4n) is 1.51. The van der Waals surface area contributed by atoms with Gasteiger partial charge in [0.1, 0.15) is 5.15 Å². The highest BCUT2D eigenvalue weighted by atomic mass is 35.5. The molecular formula is C11H13ClN4. The zero-order valence-corrected chi connectivity index (χ0v) is 9.72. The second-order valence-corrected chi connectivity index (χ2v) is 4.03. The summed E-state index contributed by atoms with van der Waals surface area (Å²) in [7, 11) is 0. The third kappa shape index (κ3) is 2.97. The lowest BCUT2D eigenvalue weighted by atomic mass is 10.3. The molecule has 2 heterocycles. The van der Waals surface area contributed by atoms with E-state index in [9.17, 15) is 0 Å². The SMILES string of the molecule is CC(Cn1cccn1)Nc1ccnc(Cl)c1. The number of anilines is 1. The van der Waals surface area contributed by atoms with Gasteiger partial charge in [0, 0.05) is 30.3 Å². The Kier molecular flexibility index (Phi) is 3.41. The second kappa shape index (κ2) is 4.99. The predicted octanol–water partition coefficient (Wildman–Crippen LogP) is 2.43. The quantitative estimate of drug-likeness (QED) is 0.830. The van der Waals surface area contributed by atoms with Crippen molar-refractivity contribution in [3.8, 4) is 0 Å². The Hall–Kier alpha value is -1.55. The van der Waals surface area contributed by atoms with Crippen LogP contribution in [0.15, 0.2) is 36.8 Å². The van der Waals surface area contributed by atoms with Crippen molar-refractivity contribution < 1.29 is 0 Å². The lowest BCUT2D eigenvalue weighted by Gasteiger charge is -2.15. The molecule has 0 aliphatic rings. The van der Waals surface area contributed by atoms with Crippen molar-refractivity contribution >= 4 is 17.3 Å².